The molecule has 110 valence electrons. The lowest BCUT2D eigenvalue weighted by molar-refractivity contribution is 0.372. The normalized spacial score (nSPS) is 21.0. The molecule has 0 radical (unpaired) electrons. The zero-order chi connectivity index (χ0) is 15.0. The highest BCUT2D eigenvalue weighted by Gasteiger charge is 2.31. The molecule has 1 saturated carbocycles. The van der Waals surface area contributed by atoms with Gasteiger partial charge in [-0.15, -0.1) is 0 Å². The van der Waals surface area contributed by atoms with Gasteiger partial charge in [-0.05, 0) is 42.5 Å². The van der Waals surface area contributed by atoms with E-state index in [2.05, 4.69) is 5.32 Å². The second-order valence-corrected chi connectivity index (χ2v) is 5.71. The van der Waals surface area contributed by atoms with E-state index in [0.29, 0.717) is 5.92 Å². The minimum Gasteiger partial charge on any atom is -0.379 e. The molecule has 2 aromatic carbocycles. The summed E-state index contributed by atoms with van der Waals surface area (Å²) in [5.74, 6) is -1.32. The summed E-state index contributed by atoms with van der Waals surface area (Å²) in [6.07, 6.45) is 1.61. The Hall–Kier alpha value is -1.68. The molecule has 0 unspecified atom stereocenters. The maximum atomic E-state index is 13.7. The van der Waals surface area contributed by atoms with Crippen LogP contribution in [0.1, 0.15) is 24.3 Å². The summed E-state index contributed by atoms with van der Waals surface area (Å²) in [4.78, 5) is 0. The molecular formula is C16H13ClF3N. The summed E-state index contributed by atoms with van der Waals surface area (Å²) >= 11 is 5.85. The molecule has 0 aliphatic heterocycles. The van der Waals surface area contributed by atoms with Gasteiger partial charge in [0, 0.05) is 12.1 Å². The van der Waals surface area contributed by atoms with Crippen molar-refractivity contribution in [2.24, 2.45) is 0 Å². The minimum atomic E-state index is -0.694. The van der Waals surface area contributed by atoms with Gasteiger partial charge in [0.2, 0.25) is 0 Å². The molecule has 3 rings (SSSR count). The van der Waals surface area contributed by atoms with Crippen LogP contribution in [-0.4, -0.2) is 6.04 Å². The number of anilines is 1. The molecule has 0 bridgehead atoms. The van der Waals surface area contributed by atoms with Gasteiger partial charge in [0.05, 0.1) is 10.7 Å². The van der Waals surface area contributed by atoms with Crippen molar-refractivity contribution < 1.29 is 13.2 Å². The average molecular weight is 312 g/mol. The molecule has 0 heterocycles. The third-order valence-electron chi connectivity index (χ3n) is 3.83. The first-order valence-corrected chi connectivity index (χ1v) is 7.07. The van der Waals surface area contributed by atoms with Crippen LogP contribution in [0.5, 0.6) is 0 Å². The predicted octanol–water partition coefficient (Wildman–Crippen LogP) is 5.12. The fraction of sp³-hybridized carbons (Fsp3) is 0.250. The summed E-state index contributed by atoms with van der Waals surface area (Å²) in [5.41, 5.74) is 1.21. The van der Waals surface area contributed by atoms with Gasteiger partial charge >= 0.3 is 0 Å². The molecular weight excluding hydrogens is 299 g/mol. The van der Waals surface area contributed by atoms with Crippen LogP contribution in [0.25, 0.3) is 0 Å². The van der Waals surface area contributed by atoms with Gasteiger partial charge in [-0.25, -0.2) is 13.2 Å². The van der Waals surface area contributed by atoms with Crippen molar-refractivity contribution in [1.82, 2.24) is 0 Å². The standard InChI is InChI=1S/C16H13ClF3N/c17-14-7-12(19)8-15(20)16(14)21-13-5-10(6-13)9-1-3-11(18)4-2-9/h1-4,7-8,10,13,21H,5-6H2. The summed E-state index contributed by atoms with van der Waals surface area (Å²) in [5, 5.41) is 3.05. The van der Waals surface area contributed by atoms with E-state index in [9.17, 15) is 13.2 Å². The second-order valence-electron chi connectivity index (χ2n) is 5.31. The number of nitrogens with one attached hydrogen (secondary N) is 1. The molecule has 0 spiro atoms. The number of rotatable bonds is 3. The van der Waals surface area contributed by atoms with Crippen LogP contribution in [0.2, 0.25) is 5.02 Å². The van der Waals surface area contributed by atoms with E-state index >= 15 is 0 Å². The third-order valence-corrected chi connectivity index (χ3v) is 4.13. The number of hydrogen-bond acceptors (Lipinski definition) is 1. The van der Waals surface area contributed by atoms with E-state index in [1.807, 2.05) is 0 Å². The number of hydrogen-bond donors (Lipinski definition) is 1. The highest BCUT2D eigenvalue weighted by molar-refractivity contribution is 6.33. The molecule has 1 fully saturated rings. The van der Waals surface area contributed by atoms with E-state index < -0.39 is 11.6 Å². The van der Waals surface area contributed by atoms with Crippen LogP contribution < -0.4 is 5.32 Å². The first kappa shape index (κ1) is 14.3. The van der Waals surface area contributed by atoms with Gasteiger partial charge in [0.1, 0.15) is 11.6 Å². The van der Waals surface area contributed by atoms with Gasteiger partial charge in [0.25, 0.3) is 0 Å². The van der Waals surface area contributed by atoms with Crippen molar-refractivity contribution in [1.29, 1.82) is 0 Å². The Morgan fingerprint density at radius 2 is 1.62 bits per heavy atom. The molecule has 1 nitrogen and oxygen atoms in total. The van der Waals surface area contributed by atoms with Gasteiger partial charge in [-0.2, -0.15) is 0 Å². The van der Waals surface area contributed by atoms with Crippen LogP contribution in [0.3, 0.4) is 0 Å². The van der Waals surface area contributed by atoms with Gasteiger partial charge in [0.15, 0.2) is 5.82 Å². The molecule has 0 aromatic heterocycles. The first-order valence-electron chi connectivity index (χ1n) is 6.69. The van der Waals surface area contributed by atoms with Crippen LogP contribution in [0.4, 0.5) is 18.9 Å². The molecule has 1 aliphatic carbocycles. The first-order chi connectivity index (χ1) is 10.0. The van der Waals surface area contributed by atoms with E-state index in [1.54, 1.807) is 12.1 Å². The van der Waals surface area contributed by atoms with Gasteiger partial charge < -0.3 is 5.32 Å². The Balaban J connectivity index is 1.64. The Labute approximate surface area is 125 Å². The van der Waals surface area contributed by atoms with Gasteiger partial charge in [-0.3, -0.25) is 0 Å². The highest BCUT2D eigenvalue weighted by Crippen LogP contribution is 2.40. The molecule has 5 heteroatoms. The smallest absolute Gasteiger partial charge is 0.150 e. The lowest BCUT2D eigenvalue weighted by atomic mass is 9.76. The zero-order valence-corrected chi connectivity index (χ0v) is 11.8. The van der Waals surface area contributed by atoms with Crippen molar-refractivity contribution >= 4 is 17.3 Å². The molecule has 1 N–H and O–H groups in total. The summed E-state index contributed by atoms with van der Waals surface area (Å²) in [6.45, 7) is 0. The van der Waals surface area contributed by atoms with Gasteiger partial charge in [-0.1, -0.05) is 23.7 Å². The Bertz CT molecular complexity index is 628. The lowest BCUT2D eigenvalue weighted by Gasteiger charge is -2.37. The fourth-order valence-electron chi connectivity index (χ4n) is 2.63. The molecule has 0 amide bonds. The van der Waals surface area contributed by atoms with Crippen molar-refractivity contribution in [2.45, 2.75) is 24.8 Å². The second kappa shape index (κ2) is 5.60. The molecule has 2 aromatic rings. The monoisotopic (exact) mass is 311 g/mol. The summed E-state index contributed by atoms with van der Waals surface area (Å²) < 4.78 is 39.5. The third kappa shape index (κ3) is 3.00. The summed E-state index contributed by atoms with van der Waals surface area (Å²) in [6, 6.07) is 8.38. The highest BCUT2D eigenvalue weighted by atomic mass is 35.5. The summed E-state index contributed by atoms with van der Waals surface area (Å²) in [7, 11) is 0. The number of benzene rings is 2. The van der Waals surface area contributed by atoms with E-state index in [4.69, 9.17) is 11.6 Å². The van der Waals surface area contributed by atoms with Crippen molar-refractivity contribution in [3.63, 3.8) is 0 Å². The fourth-order valence-corrected chi connectivity index (χ4v) is 2.88. The molecule has 1 aliphatic rings. The minimum absolute atomic E-state index is 0.0396. The van der Waals surface area contributed by atoms with Crippen LogP contribution in [0, 0.1) is 17.5 Å². The lowest BCUT2D eigenvalue weighted by Crippen LogP contribution is -2.34. The van der Waals surface area contributed by atoms with Crippen LogP contribution in [-0.2, 0) is 0 Å². The van der Waals surface area contributed by atoms with E-state index in [0.717, 1.165) is 30.5 Å². The maximum Gasteiger partial charge on any atom is 0.150 e. The van der Waals surface area contributed by atoms with Crippen LogP contribution in [0.15, 0.2) is 36.4 Å². The van der Waals surface area contributed by atoms with Crippen molar-refractivity contribution in [3.05, 3.63) is 64.4 Å². The molecule has 0 saturated heterocycles. The van der Waals surface area contributed by atoms with E-state index in [1.165, 1.54) is 12.1 Å². The molecule has 21 heavy (non-hydrogen) atoms. The quantitative estimate of drug-likeness (QED) is 0.830. The van der Waals surface area contributed by atoms with Crippen molar-refractivity contribution in [3.8, 4) is 0 Å². The molecule has 0 atom stereocenters. The number of halogens is 4. The van der Waals surface area contributed by atoms with E-state index in [-0.39, 0.29) is 22.6 Å². The van der Waals surface area contributed by atoms with Crippen molar-refractivity contribution in [2.75, 3.05) is 5.32 Å². The topological polar surface area (TPSA) is 12.0 Å². The Morgan fingerprint density at radius 1 is 0.952 bits per heavy atom. The van der Waals surface area contributed by atoms with Crippen LogP contribution >= 0.6 is 11.6 Å². The zero-order valence-electron chi connectivity index (χ0n) is 11.0. The SMILES string of the molecule is Fc1ccc(C2CC(Nc3c(F)cc(F)cc3Cl)C2)cc1. The Kier molecular flexibility index (Phi) is 3.81. The predicted molar refractivity (Wildman–Crippen MR) is 77.2 cm³/mol. The Morgan fingerprint density at radius 3 is 2.24 bits per heavy atom. The average Bonchev–Trinajstić information content (AvgIpc) is 2.37. The largest absolute Gasteiger partial charge is 0.379 e. The maximum absolute atomic E-state index is 13.7.